The number of hydrogen-bond acceptors (Lipinski definition) is 3. The summed E-state index contributed by atoms with van der Waals surface area (Å²) in [6, 6.07) is 4.89. The van der Waals surface area contributed by atoms with E-state index in [1.54, 1.807) is 19.1 Å². The molecule has 0 aliphatic carbocycles. The highest BCUT2D eigenvalue weighted by Crippen LogP contribution is 2.17. The van der Waals surface area contributed by atoms with E-state index in [9.17, 15) is 13.2 Å². The molecule has 0 unspecified atom stereocenters. The zero-order valence-electron chi connectivity index (χ0n) is 10.6. The number of sulfonamides is 1. The van der Waals surface area contributed by atoms with Crippen LogP contribution in [0.2, 0.25) is 0 Å². The molecule has 7 heteroatoms. The molecular weight excluding hydrogens is 334 g/mol. The maximum absolute atomic E-state index is 12.1. The van der Waals surface area contributed by atoms with E-state index in [-0.39, 0.29) is 10.8 Å². The van der Waals surface area contributed by atoms with Crippen LogP contribution in [-0.4, -0.2) is 25.5 Å². The number of hydrogen-bond donors (Lipinski definition) is 2. The Labute approximate surface area is 121 Å². The van der Waals surface area contributed by atoms with E-state index in [0.29, 0.717) is 6.42 Å². The predicted octanol–water partition coefficient (Wildman–Crippen LogP) is 2.23. The van der Waals surface area contributed by atoms with Gasteiger partial charge in [-0.3, -0.25) is 4.79 Å². The van der Waals surface area contributed by atoms with Crippen molar-refractivity contribution >= 4 is 31.9 Å². The van der Waals surface area contributed by atoms with Crippen LogP contribution in [0.4, 0.5) is 0 Å². The van der Waals surface area contributed by atoms with Gasteiger partial charge in [-0.25, -0.2) is 8.42 Å². The van der Waals surface area contributed by atoms with Gasteiger partial charge in [0.05, 0.1) is 4.90 Å². The SMILES string of the molecule is CC[C@H](C)[C@H](NS(=O)(=O)c1ccc(Br)cc1)C(=O)O. The van der Waals surface area contributed by atoms with E-state index in [0.717, 1.165) is 4.47 Å². The Morgan fingerprint density at radius 2 is 1.89 bits per heavy atom. The van der Waals surface area contributed by atoms with E-state index >= 15 is 0 Å². The summed E-state index contributed by atoms with van der Waals surface area (Å²) < 4.78 is 27.2. The molecule has 0 aliphatic heterocycles. The molecule has 0 fully saturated rings. The molecule has 19 heavy (non-hydrogen) atoms. The van der Waals surface area contributed by atoms with Crippen LogP contribution in [0, 0.1) is 5.92 Å². The van der Waals surface area contributed by atoms with Gasteiger partial charge in [-0.05, 0) is 30.2 Å². The summed E-state index contributed by atoms with van der Waals surface area (Å²) in [6.07, 6.45) is 0.569. The lowest BCUT2D eigenvalue weighted by atomic mass is 10.0. The number of carboxylic acids is 1. The van der Waals surface area contributed by atoms with Gasteiger partial charge in [0, 0.05) is 4.47 Å². The van der Waals surface area contributed by atoms with Crippen LogP contribution in [0.5, 0.6) is 0 Å². The maximum atomic E-state index is 12.1. The first-order valence-electron chi connectivity index (χ1n) is 5.78. The molecule has 5 nitrogen and oxygen atoms in total. The van der Waals surface area contributed by atoms with Crippen molar-refractivity contribution in [2.24, 2.45) is 5.92 Å². The highest BCUT2D eigenvalue weighted by molar-refractivity contribution is 9.10. The van der Waals surface area contributed by atoms with E-state index in [1.165, 1.54) is 12.1 Å². The second-order valence-electron chi connectivity index (χ2n) is 4.28. The lowest BCUT2D eigenvalue weighted by Crippen LogP contribution is -2.44. The largest absolute Gasteiger partial charge is 0.480 e. The second-order valence-corrected chi connectivity index (χ2v) is 6.91. The summed E-state index contributed by atoms with van der Waals surface area (Å²) in [6.45, 7) is 3.51. The monoisotopic (exact) mass is 349 g/mol. The second kappa shape index (κ2) is 6.49. The number of nitrogens with one attached hydrogen (secondary N) is 1. The molecule has 0 aliphatic rings. The minimum Gasteiger partial charge on any atom is -0.480 e. The molecular formula is C12H16BrNO4S. The standard InChI is InChI=1S/C12H16BrNO4S/c1-3-8(2)11(12(15)16)14-19(17,18)10-6-4-9(13)5-7-10/h4-8,11,14H,3H2,1-2H3,(H,15,16)/t8-,11-/m0/s1. The molecule has 0 saturated carbocycles. The molecule has 1 rings (SSSR count). The summed E-state index contributed by atoms with van der Waals surface area (Å²) in [5, 5.41) is 9.09. The average Bonchev–Trinajstić information content (AvgIpc) is 2.35. The van der Waals surface area contributed by atoms with Gasteiger partial charge < -0.3 is 5.11 Å². The number of carboxylic acid groups (broad SMARTS) is 1. The Bertz CT molecular complexity index is 541. The number of halogens is 1. The van der Waals surface area contributed by atoms with Gasteiger partial charge in [-0.2, -0.15) is 4.72 Å². The van der Waals surface area contributed by atoms with Crippen molar-refractivity contribution in [3.63, 3.8) is 0 Å². The van der Waals surface area contributed by atoms with Crippen LogP contribution >= 0.6 is 15.9 Å². The molecule has 2 atom stereocenters. The van der Waals surface area contributed by atoms with Crippen molar-refractivity contribution in [2.45, 2.75) is 31.2 Å². The third kappa shape index (κ3) is 4.29. The number of carbonyl (C=O) groups is 1. The summed E-state index contributed by atoms with van der Waals surface area (Å²) >= 11 is 3.21. The highest BCUT2D eigenvalue weighted by Gasteiger charge is 2.29. The van der Waals surface area contributed by atoms with E-state index in [4.69, 9.17) is 5.11 Å². The third-order valence-corrected chi connectivity index (χ3v) is 4.87. The van der Waals surface area contributed by atoms with Crippen LogP contribution in [-0.2, 0) is 14.8 Å². The highest BCUT2D eigenvalue weighted by atomic mass is 79.9. The van der Waals surface area contributed by atoms with Crippen molar-refractivity contribution in [3.8, 4) is 0 Å². The van der Waals surface area contributed by atoms with Gasteiger partial charge in [0.1, 0.15) is 6.04 Å². The van der Waals surface area contributed by atoms with E-state index < -0.39 is 22.0 Å². The number of rotatable bonds is 6. The maximum Gasteiger partial charge on any atom is 0.322 e. The van der Waals surface area contributed by atoms with Gasteiger partial charge in [-0.1, -0.05) is 36.2 Å². The molecule has 1 aromatic carbocycles. The topological polar surface area (TPSA) is 83.5 Å². The molecule has 0 spiro atoms. The Hall–Kier alpha value is -0.920. The fourth-order valence-electron chi connectivity index (χ4n) is 1.49. The Balaban J connectivity index is 3.00. The number of aliphatic carboxylic acids is 1. The van der Waals surface area contributed by atoms with E-state index in [1.807, 2.05) is 6.92 Å². The zero-order valence-corrected chi connectivity index (χ0v) is 13.0. The molecule has 106 valence electrons. The normalized spacial score (nSPS) is 14.9. The first-order valence-corrected chi connectivity index (χ1v) is 8.06. The van der Waals surface area contributed by atoms with Crippen molar-refractivity contribution in [3.05, 3.63) is 28.7 Å². The fraction of sp³-hybridized carbons (Fsp3) is 0.417. The smallest absolute Gasteiger partial charge is 0.322 e. The summed E-state index contributed by atoms with van der Waals surface area (Å²) in [5.41, 5.74) is 0. The molecule has 2 N–H and O–H groups in total. The Kier molecular flexibility index (Phi) is 5.51. The molecule has 1 aromatic rings. The van der Waals surface area contributed by atoms with Crippen molar-refractivity contribution in [1.29, 1.82) is 0 Å². The zero-order chi connectivity index (χ0) is 14.6. The van der Waals surface area contributed by atoms with Crippen LogP contribution in [0.1, 0.15) is 20.3 Å². The van der Waals surface area contributed by atoms with Gasteiger partial charge in [0.25, 0.3) is 0 Å². The first kappa shape index (κ1) is 16.1. The lowest BCUT2D eigenvalue weighted by Gasteiger charge is -2.20. The van der Waals surface area contributed by atoms with Crippen LogP contribution < -0.4 is 4.72 Å². The van der Waals surface area contributed by atoms with Gasteiger partial charge in [-0.15, -0.1) is 0 Å². The quantitative estimate of drug-likeness (QED) is 0.824. The lowest BCUT2D eigenvalue weighted by molar-refractivity contribution is -0.140. The Morgan fingerprint density at radius 1 is 1.37 bits per heavy atom. The average molecular weight is 350 g/mol. The van der Waals surface area contributed by atoms with Gasteiger partial charge >= 0.3 is 5.97 Å². The minimum absolute atomic E-state index is 0.0465. The Morgan fingerprint density at radius 3 is 2.32 bits per heavy atom. The molecule has 0 bridgehead atoms. The van der Waals surface area contributed by atoms with Crippen LogP contribution in [0.15, 0.2) is 33.6 Å². The summed E-state index contributed by atoms with van der Waals surface area (Å²) in [4.78, 5) is 11.2. The minimum atomic E-state index is -3.83. The summed E-state index contributed by atoms with van der Waals surface area (Å²) in [7, 11) is -3.83. The van der Waals surface area contributed by atoms with Gasteiger partial charge in [0.15, 0.2) is 0 Å². The first-order chi connectivity index (χ1) is 8.77. The molecule has 0 saturated heterocycles. The van der Waals surface area contributed by atoms with Crippen molar-refractivity contribution in [1.82, 2.24) is 4.72 Å². The molecule has 0 heterocycles. The number of benzene rings is 1. The molecule has 0 radical (unpaired) electrons. The summed E-state index contributed by atoms with van der Waals surface area (Å²) in [5.74, 6) is -1.46. The predicted molar refractivity (Wildman–Crippen MR) is 75.3 cm³/mol. The van der Waals surface area contributed by atoms with Crippen molar-refractivity contribution < 1.29 is 18.3 Å². The molecule has 0 aromatic heterocycles. The third-order valence-electron chi connectivity index (χ3n) is 2.89. The van der Waals surface area contributed by atoms with Crippen LogP contribution in [0.25, 0.3) is 0 Å². The van der Waals surface area contributed by atoms with Gasteiger partial charge in [0.2, 0.25) is 10.0 Å². The van der Waals surface area contributed by atoms with Crippen molar-refractivity contribution in [2.75, 3.05) is 0 Å². The molecule has 0 amide bonds. The fourth-order valence-corrected chi connectivity index (χ4v) is 3.06. The van der Waals surface area contributed by atoms with E-state index in [2.05, 4.69) is 20.7 Å². The van der Waals surface area contributed by atoms with Crippen LogP contribution in [0.3, 0.4) is 0 Å².